The number of imidazole rings is 1. The van der Waals surface area contributed by atoms with Gasteiger partial charge in [-0.3, -0.25) is 14.4 Å². The number of amides is 3. The number of H-pyrrole nitrogens is 1. The average molecular weight is 439 g/mol. The first-order valence-corrected chi connectivity index (χ1v) is 10.3. The Bertz CT molecular complexity index is 749. The maximum atomic E-state index is 12.7. The molecule has 1 heterocycles. The fourth-order valence-corrected chi connectivity index (χ4v) is 2.77. The first kappa shape index (κ1) is 26.1. The summed E-state index contributed by atoms with van der Waals surface area (Å²) in [6.07, 6.45) is 3.25. The largest absolute Gasteiger partial charge is 0.480 e. The van der Waals surface area contributed by atoms with E-state index in [2.05, 4.69) is 25.9 Å². The molecule has 0 aliphatic carbocycles. The van der Waals surface area contributed by atoms with E-state index in [1.165, 1.54) is 19.4 Å². The van der Waals surface area contributed by atoms with Crippen LogP contribution in [0.25, 0.3) is 0 Å². The topological polar surface area (TPSA) is 179 Å². The van der Waals surface area contributed by atoms with Gasteiger partial charge < -0.3 is 31.8 Å². The van der Waals surface area contributed by atoms with Gasteiger partial charge in [0, 0.05) is 18.3 Å². The highest BCUT2D eigenvalue weighted by molar-refractivity contribution is 5.93. The first-order valence-electron chi connectivity index (χ1n) is 10.3. The zero-order valence-electron chi connectivity index (χ0n) is 18.6. The van der Waals surface area contributed by atoms with Gasteiger partial charge in [-0.25, -0.2) is 9.78 Å². The predicted molar refractivity (Wildman–Crippen MR) is 114 cm³/mol. The van der Waals surface area contributed by atoms with Crippen LogP contribution in [0.1, 0.15) is 46.7 Å². The molecular formula is C20H34N6O5. The highest BCUT2D eigenvalue weighted by atomic mass is 16.4. The smallest absolute Gasteiger partial charge is 0.326 e. The minimum atomic E-state index is -1.21. The van der Waals surface area contributed by atoms with Gasteiger partial charge in [-0.1, -0.05) is 27.7 Å². The molecule has 7 N–H and O–H groups in total. The van der Waals surface area contributed by atoms with E-state index in [4.69, 9.17) is 5.73 Å². The number of aromatic nitrogens is 2. The molecule has 4 atom stereocenters. The Morgan fingerprint density at radius 3 is 2.10 bits per heavy atom. The summed E-state index contributed by atoms with van der Waals surface area (Å²) in [5.41, 5.74) is 6.40. The molecule has 0 radical (unpaired) electrons. The number of aliphatic carboxylic acids is 1. The first-order chi connectivity index (χ1) is 14.4. The molecule has 11 heteroatoms. The second kappa shape index (κ2) is 12.0. The third-order valence-electron chi connectivity index (χ3n) is 4.71. The number of nitrogens with one attached hydrogen (secondary N) is 4. The van der Waals surface area contributed by atoms with Crippen LogP contribution in [0.15, 0.2) is 12.5 Å². The van der Waals surface area contributed by atoms with Crippen molar-refractivity contribution in [2.24, 2.45) is 17.6 Å². The van der Waals surface area contributed by atoms with Crippen LogP contribution in [-0.4, -0.2) is 62.9 Å². The molecule has 0 aliphatic heterocycles. The number of hydrogen-bond acceptors (Lipinski definition) is 6. The summed E-state index contributed by atoms with van der Waals surface area (Å²) in [5.74, 6) is -2.86. The van der Waals surface area contributed by atoms with Crippen LogP contribution in [0.3, 0.4) is 0 Å². The Balaban J connectivity index is 2.76. The van der Waals surface area contributed by atoms with Crippen LogP contribution < -0.4 is 21.7 Å². The Labute approximate surface area is 181 Å². The van der Waals surface area contributed by atoms with Gasteiger partial charge in [0.1, 0.15) is 18.1 Å². The summed E-state index contributed by atoms with van der Waals surface area (Å²) in [5, 5.41) is 17.0. The lowest BCUT2D eigenvalue weighted by Crippen LogP contribution is -2.57. The van der Waals surface area contributed by atoms with E-state index in [0.717, 1.165) is 0 Å². The molecular weight excluding hydrogens is 404 g/mol. The molecule has 0 saturated carbocycles. The summed E-state index contributed by atoms with van der Waals surface area (Å²) in [4.78, 5) is 55.6. The number of carbonyl (C=O) groups excluding carboxylic acids is 3. The highest BCUT2D eigenvalue weighted by Crippen LogP contribution is 2.07. The predicted octanol–water partition coefficient (Wildman–Crippen LogP) is -0.459. The maximum absolute atomic E-state index is 12.7. The Morgan fingerprint density at radius 1 is 1.00 bits per heavy atom. The zero-order valence-corrected chi connectivity index (χ0v) is 18.6. The lowest BCUT2D eigenvalue weighted by Gasteiger charge is -2.25. The minimum Gasteiger partial charge on any atom is -0.480 e. The van der Waals surface area contributed by atoms with Crippen molar-refractivity contribution in [3.63, 3.8) is 0 Å². The normalized spacial score (nSPS) is 15.1. The molecule has 0 aliphatic rings. The Morgan fingerprint density at radius 2 is 1.61 bits per heavy atom. The second-order valence-electron chi connectivity index (χ2n) is 8.37. The molecule has 0 aromatic carbocycles. The number of carboxylic acid groups (broad SMARTS) is 1. The van der Waals surface area contributed by atoms with Crippen LogP contribution in [0.2, 0.25) is 0 Å². The number of nitrogens with two attached hydrogens (primary N) is 1. The van der Waals surface area contributed by atoms with Crippen molar-refractivity contribution < 1.29 is 24.3 Å². The van der Waals surface area contributed by atoms with Crippen LogP contribution in [0, 0.1) is 11.8 Å². The van der Waals surface area contributed by atoms with Gasteiger partial charge in [-0.2, -0.15) is 0 Å². The molecule has 3 amide bonds. The number of rotatable bonds is 12. The third-order valence-corrected chi connectivity index (χ3v) is 4.71. The van der Waals surface area contributed by atoms with Crippen molar-refractivity contribution in [1.82, 2.24) is 25.9 Å². The number of aromatic amines is 1. The van der Waals surface area contributed by atoms with Crippen molar-refractivity contribution >= 4 is 23.7 Å². The molecule has 1 aromatic rings. The van der Waals surface area contributed by atoms with Crippen LogP contribution in [-0.2, 0) is 25.6 Å². The van der Waals surface area contributed by atoms with Gasteiger partial charge in [-0.15, -0.1) is 0 Å². The van der Waals surface area contributed by atoms with Crippen molar-refractivity contribution in [3.8, 4) is 0 Å². The summed E-state index contributed by atoms with van der Waals surface area (Å²) in [6.45, 7) is 8.85. The fourth-order valence-electron chi connectivity index (χ4n) is 2.77. The van der Waals surface area contributed by atoms with Crippen molar-refractivity contribution in [3.05, 3.63) is 18.2 Å². The molecule has 0 fully saturated rings. The van der Waals surface area contributed by atoms with Crippen molar-refractivity contribution in [1.29, 1.82) is 0 Å². The summed E-state index contributed by atoms with van der Waals surface area (Å²) in [7, 11) is 0. The van der Waals surface area contributed by atoms with E-state index < -0.39 is 47.9 Å². The second-order valence-corrected chi connectivity index (χ2v) is 8.37. The van der Waals surface area contributed by atoms with Gasteiger partial charge in [0.05, 0.1) is 12.4 Å². The lowest BCUT2D eigenvalue weighted by molar-refractivity contribution is -0.142. The number of hydrogen-bond donors (Lipinski definition) is 6. The molecule has 31 heavy (non-hydrogen) atoms. The van der Waals surface area contributed by atoms with E-state index >= 15 is 0 Å². The summed E-state index contributed by atoms with van der Waals surface area (Å²) < 4.78 is 0. The number of carbonyl (C=O) groups is 4. The van der Waals surface area contributed by atoms with E-state index in [1.807, 2.05) is 13.8 Å². The molecule has 0 saturated heterocycles. The van der Waals surface area contributed by atoms with Crippen LogP contribution in [0.4, 0.5) is 0 Å². The van der Waals surface area contributed by atoms with Gasteiger partial charge in [0.25, 0.3) is 0 Å². The molecule has 11 nitrogen and oxygen atoms in total. The summed E-state index contributed by atoms with van der Waals surface area (Å²) >= 11 is 0. The van der Waals surface area contributed by atoms with E-state index in [1.54, 1.807) is 13.8 Å². The standard InChI is InChI=1S/C20H34N6O5/c1-10(2)6-14(25-19(29)16(21)11(3)4)18(28)24-12(5)17(27)26-15(20(30)31)7-13-8-22-9-23-13/h8-12,14-16H,6-7,21H2,1-5H3,(H,22,23)(H,24,28)(H,25,29)(H,26,27)(H,30,31). The maximum Gasteiger partial charge on any atom is 0.326 e. The molecule has 174 valence electrons. The minimum absolute atomic E-state index is 0.0147. The van der Waals surface area contributed by atoms with Crippen molar-refractivity contribution in [2.45, 2.75) is 71.6 Å². The molecule has 0 spiro atoms. The SMILES string of the molecule is CC(C)CC(NC(=O)C(N)C(C)C)C(=O)NC(C)C(=O)NC(Cc1cnc[nH]1)C(=O)O. The molecule has 0 bridgehead atoms. The third kappa shape index (κ3) is 8.75. The summed E-state index contributed by atoms with van der Waals surface area (Å²) in [6, 6.07) is -3.83. The van der Waals surface area contributed by atoms with E-state index in [-0.39, 0.29) is 18.3 Å². The Kier molecular flexibility index (Phi) is 10.1. The zero-order chi connectivity index (χ0) is 23.7. The molecule has 1 aromatic heterocycles. The molecule has 4 unspecified atom stereocenters. The average Bonchev–Trinajstić information content (AvgIpc) is 3.18. The lowest BCUT2D eigenvalue weighted by atomic mass is 10.0. The van der Waals surface area contributed by atoms with E-state index in [0.29, 0.717) is 12.1 Å². The monoisotopic (exact) mass is 438 g/mol. The van der Waals surface area contributed by atoms with Gasteiger partial charge in [-0.05, 0) is 25.2 Å². The number of carboxylic acids is 1. The Hall–Kier alpha value is -2.95. The van der Waals surface area contributed by atoms with Gasteiger partial charge in [0.2, 0.25) is 17.7 Å². The molecule has 1 rings (SSSR count). The van der Waals surface area contributed by atoms with Gasteiger partial charge >= 0.3 is 5.97 Å². The highest BCUT2D eigenvalue weighted by Gasteiger charge is 2.29. The van der Waals surface area contributed by atoms with E-state index in [9.17, 15) is 24.3 Å². The fraction of sp³-hybridized carbons (Fsp3) is 0.650. The van der Waals surface area contributed by atoms with Crippen LogP contribution in [0.5, 0.6) is 0 Å². The van der Waals surface area contributed by atoms with Crippen molar-refractivity contribution in [2.75, 3.05) is 0 Å². The quantitative estimate of drug-likeness (QED) is 0.255. The van der Waals surface area contributed by atoms with Crippen LogP contribution >= 0.6 is 0 Å². The number of nitrogens with zero attached hydrogens (tertiary/aromatic N) is 1. The van der Waals surface area contributed by atoms with Gasteiger partial charge in [0.15, 0.2) is 0 Å².